The Morgan fingerprint density at radius 2 is 1.76 bits per heavy atom. The maximum absolute atomic E-state index is 11.2. The van der Waals surface area contributed by atoms with E-state index >= 15 is 0 Å². The van der Waals surface area contributed by atoms with Crippen LogP contribution in [0.2, 0.25) is 0 Å². The van der Waals surface area contributed by atoms with Crippen LogP contribution in [0.4, 0.5) is 5.69 Å². The van der Waals surface area contributed by atoms with E-state index in [9.17, 15) is 10.1 Å². The van der Waals surface area contributed by atoms with Gasteiger partial charge in [-0.25, -0.2) is 0 Å². The second kappa shape index (κ2) is 5.50. The van der Waals surface area contributed by atoms with Crippen LogP contribution in [-0.2, 0) is 0 Å². The van der Waals surface area contributed by atoms with Crippen molar-refractivity contribution < 1.29 is 14.1 Å². The molecule has 2 aromatic carbocycles. The predicted molar refractivity (Wildman–Crippen MR) is 77.3 cm³/mol. The van der Waals surface area contributed by atoms with Gasteiger partial charge in [-0.15, -0.1) is 0 Å². The van der Waals surface area contributed by atoms with Gasteiger partial charge in [-0.1, -0.05) is 18.2 Å². The standard InChI is InChI=1S/C16H11NO4/c18-17(19)15-11-13(21-12-5-2-1-3-6-12)8-9-14(15)16-7-4-10-20-16/h1-11H. The number of nitrogens with zero attached hydrogens (tertiary/aromatic N) is 1. The summed E-state index contributed by atoms with van der Waals surface area (Å²) >= 11 is 0. The van der Waals surface area contributed by atoms with Crippen molar-refractivity contribution in [2.75, 3.05) is 0 Å². The van der Waals surface area contributed by atoms with E-state index in [0.717, 1.165) is 0 Å². The molecule has 0 aliphatic heterocycles. The molecule has 104 valence electrons. The zero-order valence-corrected chi connectivity index (χ0v) is 10.9. The van der Waals surface area contributed by atoms with Gasteiger partial charge in [-0.2, -0.15) is 0 Å². The van der Waals surface area contributed by atoms with Gasteiger partial charge in [0, 0.05) is 0 Å². The van der Waals surface area contributed by atoms with Crippen molar-refractivity contribution in [3.05, 3.63) is 77.0 Å². The Balaban J connectivity index is 1.98. The van der Waals surface area contributed by atoms with Crippen LogP contribution in [0, 0.1) is 10.1 Å². The average molecular weight is 281 g/mol. The van der Waals surface area contributed by atoms with Crippen LogP contribution >= 0.6 is 0 Å². The van der Waals surface area contributed by atoms with E-state index in [2.05, 4.69) is 0 Å². The van der Waals surface area contributed by atoms with Gasteiger partial charge in [0.05, 0.1) is 22.8 Å². The Morgan fingerprint density at radius 3 is 2.43 bits per heavy atom. The molecule has 1 aromatic heterocycles. The fraction of sp³-hybridized carbons (Fsp3) is 0. The maximum Gasteiger partial charge on any atom is 0.284 e. The maximum atomic E-state index is 11.2. The third-order valence-electron chi connectivity index (χ3n) is 2.93. The molecule has 21 heavy (non-hydrogen) atoms. The van der Waals surface area contributed by atoms with Gasteiger partial charge in [0.15, 0.2) is 0 Å². The number of furan rings is 1. The minimum Gasteiger partial charge on any atom is -0.464 e. The molecule has 3 aromatic rings. The number of nitro groups is 1. The number of benzene rings is 2. The molecule has 0 aliphatic rings. The lowest BCUT2D eigenvalue weighted by atomic mass is 10.1. The summed E-state index contributed by atoms with van der Waals surface area (Å²) in [7, 11) is 0. The molecule has 0 saturated heterocycles. The van der Waals surface area contributed by atoms with Crippen LogP contribution in [0.25, 0.3) is 11.3 Å². The highest BCUT2D eigenvalue weighted by molar-refractivity contribution is 5.70. The molecule has 0 fully saturated rings. The van der Waals surface area contributed by atoms with Gasteiger partial charge in [0.2, 0.25) is 0 Å². The molecule has 5 nitrogen and oxygen atoms in total. The van der Waals surface area contributed by atoms with E-state index < -0.39 is 4.92 Å². The van der Waals surface area contributed by atoms with E-state index in [-0.39, 0.29) is 5.69 Å². The molecule has 0 bridgehead atoms. The topological polar surface area (TPSA) is 65.5 Å². The highest BCUT2D eigenvalue weighted by atomic mass is 16.6. The summed E-state index contributed by atoms with van der Waals surface area (Å²) in [5.74, 6) is 1.48. The number of hydrogen-bond donors (Lipinski definition) is 0. The Kier molecular flexibility index (Phi) is 3.39. The lowest BCUT2D eigenvalue weighted by molar-refractivity contribution is -0.384. The SMILES string of the molecule is O=[N+]([O-])c1cc(Oc2ccccc2)ccc1-c1ccco1. The van der Waals surface area contributed by atoms with Gasteiger partial charge in [-0.3, -0.25) is 10.1 Å². The lowest BCUT2D eigenvalue weighted by Crippen LogP contribution is -1.93. The number of hydrogen-bond acceptors (Lipinski definition) is 4. The van der Waals surface area contributed by atoms with E-state index in [1.807, 2.05) is 18.2 Å². The minimum atomic E-state index is -0.449. The Morgan fingerprint density at radius 1 is 0.952 bits per heavy atom. The summed E-state index contributed by atoms with van der Waals surface area (Å²) < 4.78 is 10.8. The predicted octanol–water partition coefficient (Wildman–Crippen LogP) is 4.65. The van der Waals surface area contributed by atoms with Crippen LogP contribution in [0.1, 0.15) is 0 Å². The summed E-state index contributed by atoms with van der Waals surface area (Å²) in [4.78, 5) is 10.8. The van der Waals surface area contributed by atoms with E-state index in [1.165, 1.54) is 12.3 Å². The van der Waals surface area contributed by atoms with Crippen molar-refractivity contribution in [1.29, 1.82) is 0 Å². The fourth-order valence-electron chi connectivity index (χ4n) is 1.99. The van der Waals surface area contributed by atoms with Crippen LogP contribution in [0.3, 0.4) is 0 Å². The molecule has 0 atom stereocenters. The first-order valence-electron chi connectivity index (χ1n) is 6.29. The highest BCUT2D eigenvalue weighted by Gasteiger charge is 2.18. The molecule has 5 heteroatoms. The molecule has 0 aliphatic carbocycles. The number of para-hydroxylation sites is 1. The highest BCUT2D eigenvalue weighted by Crippen LogP contribution is 2.34. The average Bonchev–Trinajstić information content (AvgIpc) is 3.02. The molecule has 0 radical (unpaired) electrons. The lowest BCUT2D eigenvalue weighted by Gasteiger charge is -2.06. The monoisotopic (exact) mass is 281 g/mol. The van der Waals surface area contributed by atoms with Gasteiger partial charge >= 0.3 is 0 Å². The Labute approximate surface area is 120 Å². The Hall–Kier alpha value is -3.08. The van der Waals surface area contributed by atoms with Crippen molar-refractivity contribution in [3.8, 4) is 22.8 Å². The third-order valence-corrected chi connectivity index (χ3v) is 2.93. The van der Waals surface area contributed by atoms with Gasteiger partial charge in [-0.05, 0) is 36.4 Å². The number of ether oxygens (including phenoxy) is 1. The van der Waals surface area contributed by atoms with Crippen LogP contribution < -0.4 is 4.74 Å². The molecule has 0 N–H and O–H groups in total. The summed E-state index contributed by atoms with van der Waals surface area (Å²) in [5.41, 5.74) is 0.365. The molecular weight excluding hydrogens is 270 g/mol. The van der Waals surface area contributed by atoms with E-state index in [0.29, 0.717) is 22.8 Å². The smallest absolute Gasteiger partial charge is 0.284 e. The van der Waals surface area contributed by atoms with Crippen molar-refractivity contribution >= 4 is 5.69 Å². The quantitative estimate of drug-likeness (QED) is 0.516. The van der Waals surface area contributed by atoms with Crippen molar-refractivity contribution in [3.63, 3.8) is 0 Å². The molecule has 1 heterocycles. The summed E-state index contributed by atoms with van der Waals surface area (Å²) in [6, 6.07) is 17.2. The summed E-state index contributed by atoms with van der Waals surface area (Å²) in [6.45, 7) is 0. The fourth-order valence-corrected chi connectivity index (χ4v) is 1.99. The normalized spacial score (nSPS) is 10.3. The zero-order chi connectivity index (χ0) is 14.7. The molecular formula is C16H11NO4. The van der Waals surface area contributed by atoms with Gasteiger partial charge < -0.3 is 9.15 Å². The third kappa shape index (κ3) is 2.76. The van der Waals surface area contributed by atoms with Crippen molar-refractivity contribution in [2.24, 2.45) is 0 Å². The molecule has 3 rings (SSSR count). The van der Waals surface area contributed by atoms with E-state index in [4.69, 9.17) is 9.15 Å². The van der Waals surface area contributed by atoms with Crippen molar-refractivity contribution in [2.45, 2.75) is 0 Å². The largest absolute Gasteiger partial charge is 0.464 e. The molecule has 0 saturated carbocycles. The second-order valence-electron chi connectivity index (χ2n) is 4.33. The first-order chi connectivity index (χ1) is 10.2. The first-order valence-corrected chi connectivity index (χ1v) is 6.29. The molecule has 0 amide bonds. The number of rotatable bonds is 4. The van der Waals surface area contributed by atoms with E-state index in [1.54, 1.807) is 36.4 Å². The van der Waals surface area contributed by atoms with Crippen molar-refractivity contribution in [1.82, 2.24) is 0 Å². The summed E-state index contributed by atoms with van der Waals surface area (Å²) in [6.07, 6.45) is 1.48. The second-order valence-corrected chi connectivity index (χ2v) is 4.33. The Bertz CT molecular complexity index is 751. The van der Waals surface area contributed by atoms with Gasteiger partial charge in [0.1, 0.15) is 17.3 Å². The summed E-state index contributed by atoms with van der Waals surface area (Å²) in [5, 5.41) is 11.2. The van der Waals surface area contributed by atoms with Gasteiger partial charge in [0.25, 0.3) is 5.69 Å². The zero-order valence-electron chi connectivity index (χ0n) is 10.9. The molecule has 0 unspecified atom stereocenters. The molecule has 0 spiro atoms. The van der Waals surface area contributed by atoms with Crippen LogP contribution in [0.5, 0.6) is 11.5 Å². The van der Waals surface area contributed by atoms with Crippen LogP contribution in [0.15, 0.2) is 71.3 Å². The number of nitro benzene ring substituents is 1. The van der Waals surface area contributed by atoms with Crippen LogP contribution in [-0.4, -0.2) is 4.92 Å². The minimum absolute atomic E-state index is 0.0571. The first kappa shape index (κ1) is 12.9.